The maximum absolute atomic E-state index is 13.1. The number of hydrogen-bond acceptors (Lipinski definition) is 5. The molecule has 2 saturated heterocycles. The van der Waals surface area contributed by atoms with Crippen molar-refractivity contribution in [1.29, 1.82) is 0 Å². The zero-order chi connectivity index (χ0) is 19.6. The van der Waals surface area contributed by atoms with Gasteiger partial charge in [-0.15, -0.1) is 0 Å². The van der Waals surface area contributed by atoms with E-state index in [1.54, 1.807) is 19.5 Å². The molecule has 3 heterocycles. The van der Waals surface area contributed by atoms with Crippen LogP contribution in [-0.2, 0) is 4.74 Å². The Morgan fingerprint density at radius 3 is 2.61 bits per heavy atom. The zero-order valence-electron chi connectivity index (χ0n) is 16.6. The first-order valence-electron chi connectivity index (χ1n) is 9.80. The van der Waals surface area contributed by atoms with Gasteiger partial charge >= 0.3 is 0 Å². The molecule has 0 atom stereocenters. The zero-order valence-corrected chi connectivity index (χ0v) is 16.6. The van der Waals surface area contributed by atoms with E-state index in [2.05, 4.69) is 16.9 Å². The Kier molecular flexibility index (Phi) is 5.33. The fraction of sp³-hybridized carbons (Fsp3) is 0.455. The molecule has 1 amide bonds. The second-order valence-electron chi connectivity index (χ2n) is 7.64. The maximum Gasteiger partial charge on any atom is 0.253 e. The van der Waals surface area contributed by atoms with Gasteiger partial charge in [0.05, 0.1) is 13.3 Å². The second kappa shape index (κ2) is 7.89. The highest BCUT2D eigenvalue weighted by Gasteiger charge is 2.42. The van der Waals surface area contributed by atoms with Gasteiger partial charge in [0.25, 0.3) is 5.91 Å². The lowest BCUT2D eigenvalue weighted by Crippen LogP contribution is -2.63. The first kappa shape index (κ1) is 18.9. The number of hydrogen-bond donors (Lipinski definition) is 0. The summed E-state index contributed by atoms with van der Waals surface area (Å²) in [6, 6.07) is 9.70. The number of aromatic nitrogens is 1. The minimum Gasteiger partial charge on any atom is -0.494 e. The molecule has 1 spiro atoms. The molecular weight excluding hydrogens is 354 g/mol. The van der Waals surface area contributed by atoms with Gasteiger partial charge in [0, 0.05) is 55.7 Å². The summed E-state index contributed by atoms with van der Waals surface area (Å²) in [5, 5.41) is 0. The normalized spacial score (nSPS) is 19.6. The number of likely N-dealkylation sites (N-methyl/N-ethyl adjacent to an activating group) is 1. The van der Waals surface area contributed by atoms with Crippen LogP contribution in [0.25, 0.3) is 11.1 Å². The highest BCUT2D eigenvalue weighted by Crippen LogP contribution is 2.32. The van der Waals surface area contributed by atoms with Crippen LogP contribution < -0.4 is 4.74 Å². The average molecular weight is 381 g/mol. The van der Waals surface area contributed by atoms with Gasteiger partial charge in [0.1, 0.15) is 5.75 Å². The van der Waals surface area contributed by atoms with Crippen LogP contribution in [-0.4, -0.2) is 73.2 Å². The molecule has 0 saturated carbocycles. The van der Waals surface area contributed by atoms with E-state index >= 15 is 0 Å². The number of carbonyl (C=O) groups excluding carboxylic acids is 1. The van der Waals surface area contributed by atoms with Crippen LogP contribution in [0.4, 0.5) is 0 Å². The van der Waals surface area contributed by atoms with Crippen molar-refractivity contribution in [2.45, 2.75) is 18.4 Å². The SMILES string of the molecule is COc1cnccc1-c1ccc(C(=O)N2CCN(C)C3(CCOCC3)C2)cc1. The van der Waals surface area contributed by atoms with E-state index < -0.39 is 0 Å². The summed E-state index contributed by atoms with van der Waals surface area (Å²) in [7, 11) is 3.81. The maximum atomic E-state index is 13.1. The Labute approximate surface area is 166 Å². The van der Waals surface area contributed by atoms with Gasteiger partial charge in [-0.1, -0.05) is 12.1 Å². The van der Waals surface area contributed by atoms with E-state index in [1.165, 1.54) is 0 Å². The van der Waals surface area contributed by atoms with Crippen molar-refractivity contribution in [3.63, 3.8) is 0 Å². The summed E-state index contributed by atoms with van der Waals surface area (Å²) < 4.78 is 10.9. The number of piperazine rings is 1. The van der Waals surface area contributed by atoms with Crippen molar-refractivity contribution < 1.29 is 14.3 Å². The average Bonchev–Trinajstić information content (AvgIpc) is 2.76. The van der Waals surface area contributed by atoms with E-state index in [0.717, 1.165) is 68.1 Å². The van der Waals surface area contributed by atoms with E-state index in [4.69, 9.17) is 9.47 Å². The highest BCUT2D eigenvalue weighted by molar-refractivity contribution is 5.95. The van der Waals surface area contributed by atoms with Crippen molar-refractivity contribution >= 4 is 5.91 Å². The van der Waals surface area contributed by atoms with Crippen LogP contribution >= 0.6 is 0 Å². The number of rotatable bonds is 3. The summed E-state index contributed by atoms with van der Waals surface area (Å²) in [6.45, 7) is 3.98. The number of carbonyl (C=O) groups is 1. The molecule has 2 aliphatic heterocycles. The van der Waals surface area contributed by atoms with Gasteiger partial charge in [-0.2, -0.15) is 0 Å². The largest absolute Gasteiger partial charge is 0.494 e. The highest BCUT2D eigenvalue weighted by atomic mass is 16.5. The van der Waals surface area contributed by atoms with Crippen LogP contribution in [0, 0.1) is 0 Å². The topological polar surface area (TPSA) is 54.9 Å². The molecule has 6 heteroatoms. The lowest BCUT2D eigenvalue weighted by molar-refractivity contribution is -0.0543. The number of ether oxygens (including phenoxy) is 2. The van der Waals surface area contributed by atoms with Gasteiger partial charge in [0.2, 0.25) is 0 Å². The Bertz CT molecular complexity index is 831. The Morgan fingerprint density at radius 1 is 1.14 bits per heavy atom. The number of amides is 1. The number of nitrogens with zero attached hydrogens (tertiary/aromatic N) is 3. The first-order chi connectivity index (χ1) is 13.6. The third-order valence-electron chi connectivity index (χ3n) is 6.16. The van der Waals surface area contributed by atoms with Gasteiger partial charge in [-0.3, -0.25) is 14.7 Å². The van der Waals surface area contributed by atoms with Crippen molar-refractivity contribution in [2.24, 2.45) is 0 Å². The summed E-state index contributed by atoms with van der Waals surface area (Å²) in [5.74, 6) is 0.828. The Hall–Kier alpha value is -2.44. The van der Waals surface area contributed by atoms with E-state index in [0.29, 0.717) is 0 Å². The Balaban J connectivity index is 1.52. The molecule has 6 nitrogen and oxygen atoms in total. The van der Waals surface area contributed by atoms with Crippen LogP contribution in [0.5, 0.6) is 5.75 Å². The lowest BCUT2D eigenvalue weighted by atomic mass is 9.85. The van der Waals surface area contributed by atoms with Gasteiger partial charge < -0.3 is 14.4 Å². The monoisotopic (exact) mass is 381 g/mol. The van der Waals surface area contributed by atoms with Gasteiger partial charge in [0.15, 0.2) is 0 Å². The Morgan fingerprint density at radius 2 is 1.89 bits per heavy atom. The number of pyridine rings is 1. The molecule has 1 aromatic heterocycles. The lowest BCUT2D eigenvalue weighted by Gasteiger charge is -2.51. The first-order valence-corrected chi connectivity index (χ1v) is 9.80. The third-order valence-corrected chi connectivity index (χ3v) is 6.16. The predicted octanol–water partition coefficient (Wildman–Crippen LogP) is 2.69. The van der Waals surface area contributed by atoms with Crippen molar-refractivity contribution in [3.05, 3.63) is 48.3 Å². The molecular formula is C22H27N3O3. The molecule has 0 aliphatic carbocycles. The molecule has 0 unspecified atom stereocenters. The molecule has 28 heavy (non-hydrogen) atoms. The van der Waals surface area contributed by atoms with Gasteiger partial charge in [-0.05, 0) is 43.7 Å². The molecule has 4 rings (SSSR count). The second-order valence-corrected chi connectivity index (χ2v) is 7.64. The van der Waals surface area contributed by atoms with Crippen LogP contribution in [0.1, 0.15) is 23.2 Å². The summed E-state index contributed by atoms with van der Waals surface area (Å²) >= 11 is 0. The molecule has 2 aromatic rings. The minimum absolute atomic E-state index is 0.0521. The summed E-state index contributed by atoms with van der Waals surface area (Å²) in [5.41, 5.74) is 2.76. The molecule has 0 bridgehead atoms. The molecule has 1 aromatic carbocycles. The molecule has 148 valence electrons. The predicted molar refractivity (Wildman–Crippen MR) is 108 cm³/mol. The van der Waals surface area contributed by atoms with E-state index in [-0.39, 0.29) is 11.4 Å². The number of benzene rings is 1. The molecule has 2 aliphatic rings. The van der Waals surface area contributed by atoms with Crippen LogP contribution in [0.15, 0.2) is 42.7 Å². The number of methoxy groups -OCH3 is 1. The van der Waals surface area contributed by atoms with Gasteiger partial charge in [-0.25, -0.2) is 0 Å². The summed E-state index contributed by atoms with van der Waals surface area (Å²) in [6.07, 6.45) is 5.41. The van der Waals surface area contributed by atoms with Crippen LogP contribution in [0.2, 0.25) is 0 Å². The van der Waals surface area contributed by atoms with E-state index in [9.17, 15) is 4.79 Å². The van der Waals surface area contributed by atoms with Crippen molar-refractivity contribution in [3.8, 4) is 16.9 Å². The summed E-state index contributed by atoms with van der Waals surface area (Å²) in [4.78, 5) is 21.7. The molecule has 0 N–H and O–H groups in total. The van der Waals surface area contributed by atoms with Crippen LogP contribution in [0.3, 0.4) is 0 Å². The fourth-order valence-electron chi connectivity index (χ4n) is 4.28. The van der Waals surface area contributed by atoms with Crippen molar-refractivity contribution in [1.82, 2.24) is 14.8 Å². The fourth-order valence-corrected chi connectivity index (χ4v) is 4.28. The molecule has 0 radical (unpaired) electrons. The standard InChI is InChI=1S/C22H27N3O3/c1-24-11-12-25(16-22(24)8-13-28-14-9-22)21(26)18-5-3-17(4-6-18)19-7-10-23-15-20(19)27-2/h3-7,10,15H,8-9,11-14,16H2,1-2H3. The quantitative estimate of drug-likeness (QED) is 0.818. The minimum atomic E-state index is 0.0521. The molecule has 2 fully saturated rings. The van der Waals surface area contributed by atoms with E-state index in [1.807, 2.05) is 35.2 Å². The third kappa shape index (κ3) is 3.50. The van der Waals surface area contributed by atoms with Crippen molar-refractivity contribution in [2.75, 3.05) is 47.0 Å². The smallest absolute Gasteiger partial charge is 0.253 e.